The van der Waals surface area contributed by atoms with Gasteiger partial charge in [0.25, 0.3) is 0 Å². The lowest BCUT2D eigenvalue weighted by molar-refractivity contribution is 0.00578. The minimum atomic E-state index is -0.550. The van der Waals surface area contributed by atoms with Crippen LogP contribution in [0.25, 0.3) is 21.9 Å². The highest BCUT2D eigenvalue weighted by Crippen LogP contribution is 2.37. The summed E-state index contributed by atoms with van der Waals surface area (Å²) in [6.45, 7) is 16.1. The number of fused-ring (bicyclic) bond motifs is 2. The van der Waals surface area contributed by atoms with E-state index in [1.54, 1.807) is 12.1 Å². The molecule has 0 saturated carbocycles. The first-order valence-electron chi connectivity index (χ1n) is 11.4. The van der Waals surface area contributed by atoms with Crippen LogP contribution < -0.4 is 16.4 Å². The summed E-state index contributed by atoms with van der Waals surface area (Å²) in [6, 6.07) is 11.0. The number of rotatable bonds is 2. The summed E-state index contributed by atoms with van der Waals surface area (Å²) in [5, 5.41) is 0.974. The van der Waals surface area contributed by atoms with Gasteiger partial charge >= 0.3 is 14.2 Å². The van der Waals surface area contributed by atoms with Crippen LogP contribution in [-0.4, -0.2) is 36.6 Å². The molecule has 0 spiro atoms. The quantitative estimate of drug-likeness (QED) is 0.442. The van der Waals surface area contributed by atoms with E-state index in [0.29, 0.717) is 21.9 Å². The monoisotopic (exact) mass is 448 g/mol. The third-order valence-corrected chi connectivity index (χ3v) is 7.77. The lowest BCUT2D eigenvalue weighted by Crippen LogP contribution is -2.41. The maximum Gasteiger partial charge on any atom is 0.494 e. The van der Waals surface area contributed by atoms with Gasteiger partial charge in [0.2, 0.25) is 0 Å². The van der Waals surface area contributed by atoms with Crippen LogP contribution in [0.5, 0.6) is 0 Å². The largest absolute Gasteiger partial charge is 0.494 e. The van der Waals surface area contributed by atoms with Gasteiger partial charge in [0.15, 0.2) is 5.43 Å². The third-order valence-electron chi connectivity index (χ3n) is 7.77. The Morgan fingerprint density at radius 2 is 0.909 bits per heavy atom. The SMILES string of the molecule is CC1(C)OB(c2ccc3oc4ccc(B5OC(C)(C)C(C)(C)O5)cc4c(=O)c3c2)OC1(C)C. The van der Waals surface area contributed by atoms with Crippen molar-refractivity contribution in [2.24, 2.45) is 0 Å². The van der Waals surface area contributed by atoms with Crippen LogP contribution in [0.4, 0.5) is 0 Å². The molecule has 172 valence electrons. The smallest absolute Gasteiger partial charge is 0.456 e. The first kappa shape index (κ1) is 22.7. The van der Waals surface area contributed by atoms with Gasteiger partial charge in [-0.3, -0.25) is 4.79 Å². The number of hydrogen-bond donors (Lipinski definition) is 0. The van der Waals surface area contributed by atoms with Crippen molar-refractivity contribution >= 4 is 47.1 Å². The summed E-state index contributed by atoms with van der Waals surface area (Å²) < 4.78 is 30.7. The lowest BCUT2D eigenvalue weighted by atomic mass is 9.78. The van der Waals surface area contributed by atoms with Gasteiger partial charge in [-0.15, -0.1) is 0 Å². The van der Waals surface area contributed by atoms with Crippen molar-refractivity contribution in [1.82, 2.24) is 0 Å². The molecule has 3 heterocycles. The summed E-state index contributed by atoms with van der Waals surface area (Å²) in [7, 11) is -1.10. The fourth-order valence-electron chi connectivity index (χ4n) is 4.14. The van der Waals surface area contributed by atoms with Crippen LogP contribution in [0.1, 0.15) is 55.4 Å². The van der Waals surface area contributed by atoms with Crippen molar-refractivity contribution in [2.45, 2.75) is 77.8 Å². The molecule has 0 N–H and O–H groups in total. The Hall–Kier alpha value is -2.12. The average Bonchev–Trinajstić information content (AvgIpc) is 3.07. The molecule has 2 fully saturated rings. The van der Waals surface area contributed by atoms with E-state index in [1.807, 2.05) is 79.7 Å². The molecule has 6 nitrogen and oxygen atoms in total. The van der Waals surface area contributed by atoms with Crippen LogP contribution in [0, 0.1) is 0 Å². The molecule has 0 atom stereocenters. The first-order valence-corrected chi connectivity index (χ1v) is 11.4. The molecule has 8 heteroatoms. The predicted octanol–water partition coefficient (Wildman–Crippen LogP) is 3.54. The second kappa shape index (κ2) is 6.95. The van der Waals surface area contributed by atoms with Gasteiger partial charge in [0.05, 0.1) is 33.2 Å². The standard InChI is InChI=1S/C25H30B2O6/c1-22(2)23(3,4)31-26(30-22)15-9-11-19-17(13-15)21(28)18-14-16(10-12-20(18)29-19)27-32-24(5,6)25(7,8)33-27/h9-14H,1-8H3. The van der Waals surface area contributed by atoms with Gasteiger partial charge in [-0.25, -0.2) is 0 Å². The van der Waals surface area contributed by atoms with Crippen LogP contribution in [0.3, 0.4) is 0 Å². The number of hydrogen-bond acceptors (Lipinski definition) is 6. The van der Waals surface area contributed by atoms with Gasteiger partial charge < -0.3 is 23.0 Å². The molecule has 2 aromatic carbocycles. The molecule has 0 aliphatic carbocycles. The molecular weight excluding hydrogens is 418 g/mol. The second-order valence-corrected chi connectivity index (χ2v) is 11.1. The first-order chi connectivity index (χ1) is 15.2. The van der Waals surface area contributed by atoms with E-state index in [4.69, 9.17) is 23.0 Å². The molecular formula is C25H30B2O6. The maximum atomic E-state index is 13.5. The summed E-state index contributed by atoms with van der Waals surface area (Å²) >= 11 is 0. The van der Waals surface area contributed by atoms with Crippen molar-refractivity contribution < 1.29 is 23.0 Å². The Kier molecular flexibility index (Phi) is 4.77. The summed E-state index contributed by atoms with van der Waals surface area (Å²) in [5.41, 5.74) is 0.674. The van der Waals surface area contributed by atoms with Crippen LogP contribution in [0.2, 0.25) is 0 Å². The Balaban J connectivity index is 1.57. The van der Waals surface area contributed by atoms with Gasteiger partial charge in [-0.05, 0) is 90.6 Å². The highest BCUT2D eigenvalue weighted by Gasteiger charge is 2.52. The molecule has 0 unspecified atom stereocenters. The van der Waals surface area contributed by atoms with Crippen molar-refractivity contribution in [2.75, 3.05) is 0 Å². The zero-order valence-electron chi connectivity index (χ0n) is 20.6. The van der Waals surface area contributed by atoms with E-state index in [1.165, 1.54) is 0 Å². The van der Waals surface area contributed by atoms with Gasteiger partial charge in [-0.2, -0.15) is 0 Å². The second-order valence-electron chi connectivity index (χ2n) is 11.1. The molecule has 2 aliphatic rings. The van der Waals surface area contributed by atoms with Crippen molar-refractivity contribution in [3.8, 4) is 0 Å². The normalized spacial score (nSPS) is 23.0. The summed E-state index contributed by atoms with van der Waals surface area (Å²) in [6.07, 6.45) is 0. The van der Waals surface area contributed by atoms with Gasteiger partial charge in [-0.1, -0.05) is 12.1 Å². The summed E-state index contributed by atoms with van der Waals surface area (Å²) in [4.78, 5) is 13.5. The minimum Gasteiger partial charge on any atom is -0.456 e. The van der Waals surface area contributed by atoms with E-state index in [2.05, 4.69) is 0 Å². The molecule has 1 aromatic heterocycles. The predicted molar refractivity (Wildman–Crippen MR) is 131 cm³/mol. The van der Waals surface area contributed by atoms with E-state index in [9.17, 15) is 4.79 Å². The van der Waals surface area contributed by atoms with Crippen LogP contribution in [-0.2, 0) is 18.6 Å². The van der Waals surface area contributed by atoms with Gasteiger partial charge in [0.1, 0.15) is 11.2 Å². The molecule has 2 saturated heterocycles. The zero-order valence-corrected chi connectivity index (χ0v) is 20.6. The molecule has 5 rings (SSSR count). The van der Waals surface area contributed by atoms with E-state index in [0.717, 1.165) is 10.9 Å². The highest BCUT2D eigenvalue weighted by molar-refractivity contribution is 6.63. The Morgan fingerprint density at radius 1 is 0.576 bits per heavy atom. The van der Waals surface area contributed by atoms with Gasteiger partial charge in [0, 0.05) is 0 Å². The Morgan fingerprint density at radius 3 is 1.24 bits per heavy atom. The molecule has 3 aromatic rings. The third kappa shape index (κ3) is 3.46. The average molecular weight is 448 g/mol. The van der Waals surface area contributed by atoms with E-state index in [-0.39, 0.29) is 5.43 Å². The molecule has 0 amide bonds. The topological polar surface area (TPSA) is 67.1 Å². The molecule has 0 bridgehead atoms. The lowest BCUT2D eigenvalue weighted by Gasteiger charge is -2.32. The number of benzene rings is 2. The zero-order chi connectivity index (χ0) is 24.0. The maximum absolute atomic E-state index is 13.5. The van der Waals surface area contributed by atoms with Crippen LogP contribution in [0.15, 0.2) is 45.6 Å². The highest BCUT2D eigenvalue weighted by atomic mass is 16.7. The minimum absolute atomic E-state index is 0.108. The molecule has 33 heavy (non-hydrogen) atoms. The van der Waals surface area contributed by atoms with Crippen molar-refractivity contribution in [3.63, 3.8) is 0 Å². The van der Waals surface area contributed by atoms with E-state index < -0.39 is 36.6 Å². The van der Waals surface area contributed by atoms with Crippen molar-refractivity contribution in [1.29, 1.82) is 0 Å². The fourth-order valence-corrected chi connectivity index (χ4v) is 4.14. The van der Waals surface area contributed by atoms with Crippen LogP contribution >= 0.6 is 0 Å². The Bertz CT molecular complexity index is 1190. The van der Waals surface area contributed by atoms with Crippen molar-refractivity contribution in [3.05, 3.63) is 46.6 Å². The van der Waals surface area contributed by atoms with E-state index >= 15 is 0 Å². The molecule has 0 radical (unpaired) electrons. The summed E-state index contributed by atoms with van der Waals surface area (Å²) in [5.74, 6) is 0. The molecule has 2 aliphatic heterocycles. The Labute approximate surface area is 194 Å². The fraction of sp³-hybridized carbons (Fsp3) is 0.480.